The second kappa shape index (κ2) is 9.22. The van der Waals surface area contributed by atoms with Crippen molar-refractivity contribution in [2.24, 2.45) is 0 Å². The number of benzene rings is 1. The van der Waals surface area contributed by atoms with Crippen LogP contribution in [-0.2, 0) is 23.8 Å². The smallest absolute Gasteiger partial charge is 0.422 e. The molecule has 1 aromatic heterocycles. The molecular weight excluding hydrogens is 485 g/mol. The summed E-state index contributed by atoms with van der Waals surface area (Å²) in [5, 5.41) is 3.95. The minimum absolute atomic E-state index is 0.171. The number of aryl methyl sites for hydroxylation is 1. The first kappa shape index (κ1) is 24.2. The molecule has 0 saturated carbocycles. The maximum Gasteiger partial charge on any atom is 0.422 e. The number of thiocarbonyl (C=S) groups is 1. The minimum Gasteiger partial charge on any atom is -0.465 e. The van der Waals surface area contributed by atoms with Crippen molar-refractivity contribution < 1.29 is 40.3 Å². The molecule has 0 radical (unpaired) electrons. The van der Waals surface area contributed by atoms with Gasteiger partial charge >= 0.3 is 12.1 Å². The number of ether oxygens (including phenoxy) is 1. The van der Waals surface area contributed by atoms with Gasteiger partial charge in [-0.1, -0.05) is 6.42 Å². The van der Waals surface area contributed by atoms with Crippen LogP contribution in [0, 0.1) is 23.3 Å². The Labute approximate surface area is 186 Å². The van der Waals surface area contributed by atoms with Crippen molar-refractivity contribution in [1.29, 1.82) is 0 Å². The van der Waals surface area contributed by atoms with Gasteiger partial charge in [0.1, 0.15) is 16.3 Å². The van der Waals surface area contributed by atoms with E-state index in [0.717, 1.165) is 41.0 Å². The van der Waals surface area contributed by atoms with E-state index in [0.29, 0.717) is 12.8 Å². The van der Waals surface area contributed by atoms with Gasteiger partial charge in [0.25, 0.3) is 0 Å². The monoisotopic (exact) mass is 500 g/mol. The molecule has 0 fully saturated rings. The van der Waals surface area contributed by atoms with Crippen molar-refractivity contribution in [3.8, 4) is 0 Å². The second-order valence-corrected chi connectivity index (χ2v) is 8.36. The quantitative estimate of drug-likeness (QED) is 0.173. The van der Waals surface area contributed by atoms with Gasteiger partial charge in [0, 0.05) is 4.88 Å². The van der Waals surface area contributed by atoms with E-state index in [9.17, 15) is 35.5 Å². The highest BCUT2D eigenvalue weighted by Gasteiger charge is 2.42. The summed E-state index contributed by atoms with van der Waals surface area (Å²) >= 11 is 6.07. The molecule has 0 amide bonds. The summed E-state index contributed by atoms with van der Waals surface area (Å²) in [5.41, 5.74) is -3.31. The van der Waals surface area contributed by atoms with Crippen LogP contribution in [0.1, 0.15) is 45.6 Å². The van der Waals surface area contributed by atoms with E-state index in [2.05, 4.69) is 5.32 Å². The molecule has 1 aliphatic carbocycles. The van der Waals surface area contributed by atoms with Gasteiger partial charge in [-0.05, 0) is 43.5 Å². The Hall–Kier alpha value is -2.41. The summed E-state index contributed by atoms with van der Waals surface area (Å²) in [6, 6.07) is 0. The highest BCUT2D eigenvalue weighted by atomic mass is 32.1. The molecule has 1 aliphatic rings. The highest BCUT2D eigenvalue weighted by Crippen LogP contribution is 2.40. The molecule has 174 valence electrons. The van der Waals surface area contributed by atoms with Crippen molar-refractivity contribution in [2.75, 3.05) is 17.7 Å². The molecule has 2 aromatic rings. The molecule has 0 bridgehead atoms. The fraction of sp³-hybridized carbons (Fsp3) is 0.368. The summed E-state index contributed by atoms with van der Waals surface area (Å²) in [4.78, 5) is 13.2. The SMILES string of the molecule is COC(=O)c1c(NC(=S)Nc2c(F)c(F)c(C(F)(F)F)c(F)c2F)sc2c1CCCCC2. The molecule has 0 spiro atoms. The maximum absolute atomic E-state index is 14.1. The van der Waals surface area contributed by atoms with E-state index in [-0.39, 0.29) is 10.6 Å². The molecule has 1 heterocycles. The van der Waals surface area contributed by atoms with Crippen molar-refractivity contribution in [1.82, 2.24) is 0 Å². The van der Waals surface area contributed by atoms with Crippen LogP contribution >= 0.6 is 23.6 Å². The number of alkyl halides is 3. The highest BCUT2D eigenvalue weighted by molar-refractivity contribution is 7.80. The standard InChI is InChI=1S/C19H15F7N2O2S2/c1-30-17(29)9-7-5-3-2-4-6-8(7)32-16(9)28-18(31)27-15-13(22)11(20)10(19(24,25)26)12(21)14(15)23/h2-6H2,1H3,(H2,27,28,31). The van der Waals surface area contributed by atoms with Gasteiger partial charge in [0.15, 0.2) is 28.4 Å². The van der Waals surface area contributed by atoms with Crippen LogP contribution in [0.2, 0.25) is 0 Å². The van der Waals surface area contributed by atoms with Crippen molar-refractivity contribution >= 4 is 45.3 Å². The zero-order valence-electron chi connectivity index (χ0n) is 16.3. The third-order valence-electron chi connectivity index (χ3n) is 4.82. The summed E-state index contributed by atoms with van der Waals surface area (Å²) < 4.78 is 98.9. The van der Waals surface area contributed by atoms with Gasteiger partial charge in [-0.3, -0.25) is 0 Å². The van der Waals surface area contributed by atoms with E-state index >= 15 is 0 Å². The summed E-state index contributed by atoms with van der Waals surface area (Å²) in [6.45, 7) is 0. The number of fused-ring (bicyclic) bond motifs is 1. The lowest BCUT2D eigenvalue weighted by Gasteiger charge is -2.16. The number of anilines is 2. The predicted octanol–water partition coefficient (Wildman–Crippen LogP) is 6.19. The first-order valence-corrected chi connectivity index (χ1v) is 10.4. The van der Waals surface area contributed by atoms with Gasteiger partial charge in [-0.2, -0.15) is 13.2 Å². The van der Waals surface area contributed by atoms with Crippen LogP contribution in [0.5, 0.6) is 0 Å². The number of halogens is 7. The maximum atomic E-state index is 14.1. The van der Waals surface area contributed by atoms with Crippen LogP contribution in [0.3, 0.4) is 0 Å². The molecular formula is C19H15F7N2O2S2. The number of hydrogen-bond donors (Lipinski definition) is 2. The molecule has 3 rings (SSSR count). The number of carbonyl (C=O) groups excluding carboxylic acids is 1. The molecule has 0 aliphatic heterocycles. The molecule has 13 heteroatoms. The first-order chi connectivity index (χ1) is 15.0. The van der Waals surface area contributed by atoms with E-state index < -0.39 is 51.8 Å². The number of thiophene rings is 1. The summed E-state index contributed by atoms with van der Waals surface area (Å²) in [6.07, 6.45) is -1.69. The number of nitrogens with one attached hydrogen (secondary N) is 2. The van der Waals surface area contributed by atoms with Gasteiger partial charge in [-0.15, -0.1) is 11.3 Å². The lowest BCUT2D eigenvalue weighted by atomic mass is 10.1. The number of methoxy groups -OCH3 is 1. The first-order valence-electron chi connectivity index (χ1n) is 9.21. The topological polar surface area (TPSA) is 50.4 Å². The molecule has 32 heavy (non-hydrogen) atoms. The Morgan fingerprint density at radius 3 is 2.12 bits per heavy atom. The summed E-state index contributed by atoms with van der Waals surface area (Å²) in [5.74, 6) is -10.5. The Bertz CT molecular complexity index is 1050. The Kier molecular flexibility index (Phi) is 6.98. The lowest BCUT2D eigenvalue weighted by molar-refractivity contribution is -0.143. The Morgan fingerprint density at radius 1 is 0.969 bits per heavy atom. The van der Waals surface area contributed by atoms with E-state index in [1.807, 2.05) is 5.32 Å². The fourth-order valence-corrected chi connectivity index (χ4v) is 4.94. The molecule has 1 aromatic carbocycles. The van der Waals surface area contributed by atoms with E-state index in [1.165, 1.54) is 7.11 Å². The number of rotatable bonds is 3. The third kappa shape index (κ3) is 4.53. The molecule has 0 saturated heterocycles. The summed E-state index contributed by atoms with van der Waals surface area (Å²) in [7, 11) is 1.17. The Morgan fingerprint density at radius 2 is 1.56 bits per heavy atom. The van der Waals surface area contributed by atoms with Crippen LogP contribution in [0.25, 0.3) is 0 Å². The van der Waals surface area contributed by atoms with E-state index in [4.69, 9.17) is 17.0 Å². The number of carbonyl (C=O) groups is 1. The second-order valence-electron chi connectivity index (χ2n) is 6.84. The van der Waals surface area contributed by atoms with Crippen LogP contribution in [0.4, 0.5) is 41.4 Å². The molecule has 2 N–H and O–H groups in total. The van der Waals surface area contributed by atoms with Crippen LogP contribution in [-0.4, -0.2) is 18.2 Å². The average Bonchev–Trinajstić information content (AvgIpc) is 2.88. The van der Waals surface area contributed by atoms with E-state index in [1.54, 1.807) is 0 Å². The van der Waals surface area contributed by atoms with Crippen molar-refractivity contribution in [3.63, 3.8) is 0 Å². The van der Waals surface area contributed by atoms with Gasteiger partial charge in [0.05, 0.1) is 12.7 Å². The number of hydrogen-bond acceptors (Lipinski definition) is 4. The lowest BCUT2D eigenvalue weighted by Crippen LogP contribution is -2.24. The van der Waals surface area contributed by atoms with Gasteiger partial charge in [-0.25, -0.2) is 22.4 Å². The van der Waals surface area contributed by atoms with Gasteiger partial charge < -0.3 is 15.4 Å². The molecule has 0 atom stereocenters. The zero-order chi connectivity index (χ0) is 23.8. The average molecular weight is 500 g/mol. The van der Waals surface area contributed by atoms with Crippen LogP contribution in [0.15, 0.2) is 0 Å². The fourth-order valence-electron chi connectivity index (χ4n) is 3.39. The Balaban J connectivity index is 1.94. The zero-order valence-corrected chi connectivity index (χ0v) is 17.9. The van der Waals surface area contributed by atoms with Gasteiger partial charge in [0.2, 0.25) is 0 Å². The minimum atomic E-state index is -5.66. The predicted molar refractivity (Wildman–Crippen MR) is 108 cm³/mol. The molecule has 4 nitrogen and oxygen atoms in total. The molecule has 0 unspecified atom stereocenters. The number of esters is 1. The largest absolute Gasteiger partial charge is 0.465 e. The normalized spacial score (nSPS) is 13.9. The van der Waals surface area contributed by atoms with Crippen molar-refractivity contribution in [3.05, 3.63) is 44.8 Å². The third-order valence-corrected chi connectivity index (χ3v) is 6.23. The van der Waals surface area contributed by atoms with Crippen molar-refractivity contribution in [2.45, 2.75) is 38.3 Å². The van der Waals surface area contributed by atoms with Crippen LogP contribution < -0.4 is 10.6 Å².